The molecule has 3 N–H and O–H groups in total. The van der Waals surface area contributed by atoms with Gasteiger partial charge >= 0.3 is 0 Å². The first-order valence-corrected chi connectivity index (χ1v) is 5.93. The lowest BCUT2D eigenvalue weighted by Gasteiger charge is -2.03. The van der Waals surface area contributed by atoms with Crippen molar-refractivity contribution in [2.75, 3.05) is 5.73 Å². The summed E-state index contributed by atoms with van der Waals surface area (Å²) < 4.78 is 30.7. The van der Waals surface area contributed by atoms with Crippen LogP contribution in [0.5, 0.6) is 0 Å². The fraction of sp³-hybridized carbons (Fsp3) is 0. The molecule has 0 saturated carbocycles. The molecule has 1 heterocycles. The van der Waals surface area contributed by atoms with Crippen LogP contribution in [0.25, 0.3) is 0 Å². The second-order valence-electron chi connectivity index (χ2n) is 2.11. The van der Waals surface area contributed by atoms with Crippen molar-refractivity contribution in [3.63, 3.8) is 0 Å². The van der Waals surface area contributed by atoms with E-state index in [9.17, 15) is 8.42 Å². The van der Waals surface area contributed by atoms with Gasteiger partial charge in [-0.2, -0.15) is 8.42 Å². The van der Waals surface area contributed by atoms with Gasteiger partial charge < -0.3 is 5.73 Å². The largest absolute Gasteiger partial charge is 0.383 e. The Balaban J connectivity index is 3.53. The van der Waals surface area contributed by atoms with Gasteiger partial charge in [-0.25, -0.2) is 4.98 Å². The lowest BCUT2D eigenvalue weighted by molar-refractivity contribution is 0.482. The Labute approximate surface area is 91.4 Å². The second kappa shape index (κ2) is 3.52. The summed E-state index contributed by atoms with van der Waals surface area (Å²) in [5.41, 5.74) is 5.37. The highest BCUT2D eigenvalue weighted by Crippen LogP contribution is 2.32. The number of rotatable bonds is 1. The van der Waals surface area contributed by atoms with E-state index in [1.54, 1.807) is 0 Å². The van der Waals surface area contributed by atoms with E-state index in [1.807, 2.05) is 0 Å². The maximum Gasteiger partial charge on any atom is 0.297 e. The van der Waals surface area contributed by atoms with E-state index >= 15 is 0 Å². The molecule has 1 rings (SSSR count). The number of hydrogen-bond acceptors (Lipinski definition) is 4. The molecule has 0 aromatic carbocycles. The molecule has 0 radical (unpaired) electrons. The zero-order valence-corrected chi connectivity index (χ0v) is 10.0. The lowest BCUT2D eigenvalue weighted by atomic mass is 10.5. The number of aromatic nitrogens is 1. The first-order valence-electron chi connectivity index (χ1n) is 2.91. The van der Waals surface area contributed by atoms with Crippen molar-refractivity contribution in [3.05, 3.63) is 15.1 Å². The van der Waals surface area contributed by atoms with Crippen LogP contribution in [0.1, 0.15) is 0 Å². The van der Waals surface area contributed by atoms with E-state index in [0.29, 0.717) is 4.47 Å². The highest BCUT2D eigenvalue weighted by molar-refractivity contribution is 9.13. The zero-order chi connectivity index (χ0) is 10.2. The monoisotopic (exact) mass is 330 g/mol. The number of nitrogens with two attached hydrogens (primary N) is 1. The van der Waals surface area contributed by atoms with Crippen molar-refractivity contribution in [1.29, 1.82) is 0 Å². The third kappa shape index (κ3) is 2.19. The Morgan fingerprint density at radius 3 is 2.38 bits per heavy atom. The summed E-state index contributed by atoms with van der Waals surface area (Å²) in [6.45, 7) is 0. The van der Waals surface area contributed by atoms with Crippen LogP contribution in [0, 0.1) is 0 Å². The summed E-state index contributed by atoms with van der Waals surface area (Å²) in [6, 6.07) is 0. The maximum absolute atomic E-state index is 10.7. The van der Waals surface area contributed by atoms with Gasteiger partial charge in [0, 0.05) is 0 Å². The highest BCUT2D eigenvalue weighted by atomic mass is 79.9. The standard InChI is InChI=1S/C5H4Br2N2O3S/c6-3-2(13(10,11)12)1-9-5(8)4(3)7/h1H,(H2,8,9)(H,10,11,12). The van der Waals surface area contributed by atoms with E-state index in [4.69, 9.17) is 10.3 Å². The Morgan fingerprint density at radius 2 is 1.92 bits per heavy atom. The zero-order valence-electron chi connectivity index (χ0n) is 6.03. The first-order chi connectivity index (χ1) is 5.84. The van der Waals surface area contributed by atoms with Gasteiger partial charge in [0.15, 0.2) is 0 Å². The molecular weight excluding hydrogens is 328 g/mol. The maximum atomic E-state index is 10.7. The van der Waals surface area contributed by atoms with E-state index in [-0.39, 0.29) is 15.2 Å². The summed E-state index contributed by atoms with van der Waals surface area (Å²) in [5.74, 6) is 0.138. The Morgan fingerprint density at radius 1 is 1.38 bits per heavy atom. The van der Waals surface area contributed by atoms with E-state index < -0.39 is 10.1 Å². The molecule has 13 heavy (non-hydrogen) atoms. The van der Waals surface area contributed by atoms with Crippen molar-refractivity contribution in [1.82, 2.24) is 4.98 Å². The molecule has 1 aromatic heterocycles. The molecule has 8 heteroatoms. The van der Waals surface area contributed by atoms with Crippen molar-refractivity contribution >= 4 is 47.8 Å². The van der Waals surface area contributed by atoms with Crippen LogP contribution >= 0.6 is 31.9 Å². The third-order valence-electron chi connectivity index (χ3n) is 1.23. The second-order valence-corrected chi connectivity index (χ2v) is 5.09. The molecule has 0 aliphatic carbocycles. The summed E-state index contributed by atoms with van der Waals surface area (Å²) >= 11 is 5.97. The van der Waals surface area contributed by atoms with E-state index in [2.05, 4.69) is 36.8 Å². The van der Waals surface area contributed by atoms with Gasteiger partial charge in [0.2, 0.25) is 0 Å². The fourth-order valence-electron chi connectivity index (χ4n) is 0.642. The molecule has 72 valence electrons. The summed E-state index contributed by atoms with van der Waals surface area (Å²) in [5, 5.41) is 0. The van der Waals surface area contributed by atoms with Crippen molar-refractivity contribution < 1.29 is 13.0 Å². The van der Waals surface area contributed by atoms with Crippen LogP contribution in [0.2, 0.25) is 0 Å². The lowest BCUT2D eigenvalue weighted by Crippen LogP contribution is -2.02. The summed E-state index contributed by atoms with van der Waals surface area (Å²) in [6.07, 6.45) is 0.972. The van der Waals surface area contributed by atoms with Crippen molar-refractivity contribution in [2.24, 2.45) is 0 Å². The van der Waals surface area contributed by atoms with Gasteiger partial charge in [0.25, 0.3) is 10.1 Å². The first kappa shape index (κ1) is 10.9. The molecule has 0 bridgehead atoms. The van der Waals surface area contributed by atoms with Crippen LogP contribution in [0.4, 0.5) is 5.82 Å². The van der Waals surface area contributed by atoms with Gasteiger partial charge in [0.1, 0.15) is 10.7 Å². The van der Waals surface area contributed by atoms with Crippen LogP contribution in [0.3, 0.4) is 0 Å². The number of pyridine rings is 1. The quantitative estimate of drug-likeness (QED) is 0.759. The van der Waals surface area contributed by atoms with Crippen LogP contribution in [-0.4, -0.2) is 18.0 Å². The molecule has 0 amide bonds. The van der Waals surface area contributed by atoms with Gasteiger partial charge in [-0.1, -0.05) is 0 Å². The fourth-order valence-corrected chi connectivity index (χ4v) is 2.52. The molecule has 1 aromatic rings. The Bertz CT molecular complexity index is 445. The molecule has 5 nitrogen and oxygen atoms in total. The van der Waals surface area contributed by atoms with Crippen LogP contribution in [-0.2, 0) is 10.1 Å². The SMILES string of the molecule is Nc1ncc(S(=O)(=O)O)c(Br)c1Br. The van der Waals surface area contributed by atoms with Gasteiger partial charge in [-0.15, -0.1) is 0 Å². The summed E-state index contributed by atoms with van der Waals surface area (Å²) in [7, 11) is -4.27. The minimum absolute atomic E-state index is 0.138. The topological polar surface area (TPSA) is 93.3 Å². The van der Waals surface area contributed by atoms with Crippen LogP contribution < -0.4 is 5.73 Å². The highest BCUT2D eigenvalue weighted by Gasteiger charge is 2.18. The van der Waals surface area contributed by atoms with Gasteiger partial charge in [0.05, 0.1) is 15.1 Å². The molecule has 0 fully saturated rings. The average Bonchev–Trinajstić information content (AvgIpc) is 1.98. The number of nitrogen functional groups attached to an aromatic ring is 1. The van der Waals surface area contributed by atoms with Crippen molar-refractivity contribution in [2.45, 2.75) is 4.90 Å². The molecule has 0 atom stereocenters. The van der Waals surface area contributed by atoms with Crippen molar-refractivity contribution in [3.8, 4) is 0 Å². The number of nitrogens with zero attached hydrogens (tertiary/aromatic N) is 1. The third-order valence-corrected chi connectivity index (χ3v) is 4.52. The predicted octanol–water partition coefficient (Wildman–Crippen LogP) is 1.44. The smallest absolute Gasteiger partial charge is 0.297 e. The number of halogens is 2. The molecular formula is C5H4Br2N2O3S. The normalized spacial score (nSPS) is 11.6. The number of anilines is 1. The predicted molar refractivity (Wildman–Crippen MR) is 53.9 cm³/mol. The molecule has 0 saturated heterocycles. The average molecular weight is 332 g/mol. The van der Waals surface area contributed by atoms with Gasteiger partial charge in [-0.05, 0) is 31.9 Å². The Kier molecular flexibility index (Phi) is 2.95. The Hall–Kier alpha value is -0.180. The van der Waals surface area contributed by atoms with Crippen LogP contribution in [0.15, 0.2) is 20.0 Å². The van der Waals surface area contributed by atoms with Gasteiger partial charge in [-0.3, -0.25) is 4.55 Å². The number of hydrogen-bond donors (Lipinski definition) is 2. The van der Waals surface area contributed by atoms with E-state index in [1.165, 1.54) is 0 Å². The molecule has 0 aliphatic rings. The molecule has 0 spiro atoms. The minimum atomic E-state index is -4.27. The molecule has 0 aliphatic heterocycles. The minimum Gasteiger partial charge on any atom is -0.383 e. The summed E-state index contributed by atoms with van der Waals surface area (Å²) in [4.78, 5) is 3.24. The molecule has 0 unspecified atom stereocenters. The van der Waals surface area contributed by atoms with E-state index in [0.717, 1.165) is 6.20 Å².